The molecule has 0 spiro atoms. The van der Waals surface area contributed by atoms with Gasteiger partial charge in [-0.2, -0.15) is 0 Å². The summed E-state index contributed by atoms with van der Waals surface area (Å²) >= 11 is 0. The van der Waals surface area contributed by atoms with E-state index < -0.39 is 27.0 Å². The number of carbonyl (C=O) groups excluding carboxylic acids is 1. The van der Waals surface area contributed by atoms with Crippen molar-refractivity contribution in [2.45, 2.75) is 27.7 Å². The predicted molar refractivity (Wildman–Crippen MR) is 125 cm³/mol. The fraction of sp³-hybridized carbons (Fsp3) is 0.160. The minimum absolute atomic E-state index is 0. The monoisotopic (exact) mass is 772 g/mol. The molecule has 0 bridgehead atoms. The number of rotatable bonds is 2. The quantitative estimate of drug-likeness (QED) is 0.135. The molecule has 4 heterocycles. The average Bonchev–Trinajstić information content (AvgIpc) is 2.83. The van der Waals surface area contributed by atoms with E-state index in [0.29, 0.717) is 0 Å². The zero-order valence-electron chi connectivity index (χ0n) is 23.7. The van der Waals surface area contributed by atoms with Crippen LogP contribution >= 0.6 is 0 Å². The van der Waals surface area contributed by atoms with Crippen LogP contribution in [0.4, 0.5) is 0 Å². The Morgan fingerprint density at radius 1 is 0.511 bits per heavy atom. The van der Waals surface area contributed by atoms with Crippen molar-refractivity contribution in [2.24, 2.45) is 0 Å². The second-order valence-electron chi connectivity index (χ2n) is 7.73. The van der Waals surface area contributed by atoms with E-state index in [-0.39, 0.29) is 45.1 Å². The smallest absolute Gasteiger partial charge is 0.870 e. The molecule has 16 nitrogen and oxygen atoms in total. The molecule has 0 aliphatic carbocycles. The van der Waals surface area contributed by atoms with E-state index >= 15 is 0 Å². The number of pyridine rings is 4. The van der Waals surface area contributed by atoms with Gasteiger partial charge in [0.25, 0.3) is 0 Å². The Labute approximate surface area is 284 Å². The average molecular weight is 775 g/mol. The van der Waals surface area contributed by atoms with Crippen molar-refractivity contribution in [1.82, 2.24) is 19.9 Å². The molecule has 0 amide bonds. The van der Waals surface area contributed by atoms with Crippen LogP contribution in [0.25, 0.3) is 22.8 Å². The fourth-order valence-corrected chi connectivity index (χ4v) is 2.70. The molecule has 0 saturated carbocycles. The number of nitrogens with zero attached hydrogens (tertiary/aromatic N) is 4. The van der Waals surface area contributed by atoms with Gasteiger partial charge in [-0.15, -0.1) is 20.5 Å². The van der Waals surface area contributed by atoms with Gasteiger partial charge >= 0.3 is 34.1 Å². The number of carboxylic acid groups (broad SMARTS) is 1. The van der Waals surface area contributed by atoms with Crippen LogP contribution in [0.1, 0.15) is 22.3 Å². The summed E-state index contributed by atoms with van der Waals surface area (Å²) in [4.78, 5) is 25.4. The van der Waals surface area contributed by atoms with Gasteiger partial charge < -0.3 is 20.9 Å². The number of hydrogen-bond acceptors (Lipinski definition) is 15. The molecule has 256 valence electrons. The molecule has 0 aliphatic rings. The predicted octanol–water partition coefficient (Wildman–Crippen LogP) is -6.63. The van der Waals surface area contributed by atoms with Gasteiger partial charge in [-0.3, -0.25) is 19.9 Å². The van der Waals surface area contributed by atoms with Gasteiger partial charge in [0.2, 0.25) is 0 Å². The second kappa shape index (κ2) is 26.5. The van der Waals surface area contributed by atoms with Crippen molar-refractivity contribution >= 4 is 6.47 Å². The Bertz CT molecular complexity index is 1150. The van der Waals surface area contributed by atoms with Crippen molar-refractivity contribution < 1.29 is 113 Å². The largest absolute Gasteiger partial charge is 2.00 e. The molecule has 4 aromatic rings. The van der Waals surface area contributed by atoms with E-state index in [4.69, 9.17) is 47.2 Å². The third-order valence-corrected chi connectivity index (χ3v) is 4.19. The summed E-state index contributed by atoms with van der Waals surface area (Å²) in [5, 5.41) is 8.25. The molecular formula is C25H28Cl2Cu2N4O12. The van der Waals surface area contributed by atoms with Gasteiger partial charge in [0.05, 0.1) is 22.8 Å². The van der Waals surface area contributed by atoms with Crippen molar-refractivity contribution in [3.63, 3.8) is 0 Å². The summed E-state index contributed by atoms with van der Waals surface area (Å²) < 4.78 is 67.9. The molecule has 2 radical (unpaired) electrons. The topological polar surface area (TPSA) is 338 Å². The van der Waals surface area contributed by atoms with Gasteiger partial charge in [0.15, 0.2) is 0 Å². The Morgan fingerprint density at radius 2 is 0.644 bits per heavy atom. The molecule has 0 aliphatic heterocycles. The first kappa shape index (κ1) is 51.8. The molecule has 4 aromatic heterocycles. The number of aromatic nitrogens is 4. The zero-order valence-corrected chi connectivity index (χ0v) is 27.1. The summed E-state index contributed by atoms with van der Waals surface area (Å²) in [5.74, 6) is 0. The van der Waals surface area contributed by atoms with Crippen LogP contribution in [0.3, 0.4) is 0 Å². The molecule has 4 rings (SSSR count). The molecule has 0 fully saturated rings. The SMILES string of the molecule is Cc1ccnc(-c2cc(C)ccn2)c1.Cc1ccnc(-c2cc(C)ccn2)c1.O.O=C[O-].[Cu+2].[Cu+2].[O-][Cl+3]([O-])([O-])[O-].[O-][Cl+3]([O-])([O-])[O-].[OH-]. The van der Waals surface area contributed by atoms with E-state index in [0.717, 1.165) is 22.8 Å². The van der Waals surface area contributed by atoms with Crippen LogP contribution < -0.4 is 42.4 Å². The number of hydrogen-bond donors (Lipinski definition) is 0. The molecule has 0 atom stereocenters. The summed E-state index contributed by atoms with van der Waals surface area (Å²) in [5.41, 5.74) is 8.58. The number of aryl methyl sites for hydroxylation is 4. The van der Waals surface area contributed by atoms with E-state index in [1.54, 1.807) is 0 Å². The van der Waals surface area contributed by atoms with Crippen LogP contribution in [-0.4, -0.2) is 37.4 Å². The summed E-state index contributed by atoms with van der Waals surface area (Å²) in [7, 11) is -9.89. The molecule has 45 heavy (non-hydrogen) atoms. The van der Waals surface area contributed by atoms with Gasteiger partial charge in [-0.25, -0.2) is 37.3 Å². The Balaban J connectivity index is -0.000000162. The van der Waals surface area contributed by atoms with Gasteiger partial charge in [-0.05, 0) is 98.5 Å². The third-order valence-electron chi connectivity index (χ3n) is 4.19. The van der Waals surface area contributed by atoms with Crippen LogP contribution in [0, 0.1) is 48.2 Å². The third kappa shape index (κ3) is 31.1. The first-order chi connectivity index (χ1) is 18.9. The van der Waals surface area contributed by atoms with Gasteiger partial charge in [-0.1, -0.05) is 0 Å². The van der Waals surface area contributed by atoms with Crippen LogP contribution in [0.2, 0.25) is 0 Å². The summed E-state index contributed by atoms with van der Waals surface area (Å²) in [6.07, 6.45) is 7.26. The number of carbonyl (C=O) groups is 1. The van der Waals surface area contributed by atoms with Gasteiger partial charge in [0, 0.05) is 31.3 Å². The van der Waals surface area contributed by atoms with Crippen LogP contribution in [0.5, 0.6) is 0 Å². The summed E-state index contributed by atoms with van der Waals surface area (Å²) in [6.45, 7) is 7.73. The molecule has 0 saturated heterocycles. The molecular weight excluding hydrogens is 746 g/mol. The molecule has 0 aromatic carbocycles. The van der Waals surface area contributed by atoms with Gasteiger partial charge in [0.1, 0.15) is 0 Å². The maximum absolute atomic E-state index is 8.49. The fourth-order valence-electron chi connectivity index (χ4n) is 2.70. The maximum Gasteiger partial charge on any atom is 2.00 e. The molecule has 0 unspecified atom stereocenters. The van der Waals surface area contributed by atoms with Crippen molar-refractivity contribution in [3.05, 3.63) is 95.6 Å². The van der Waals surface area contributed by atoms with E-state index in [2.05, 4.69) is 47.6 Å². The Hall–Kier alpha value is -2.71. The Morgan fingerprint density at radius 3 is 0.756 bits per heavy atom. The minimum atomic E-state index is -4.94. The zero-order chi connectivity index (χ0) is 31.6. The molecule has 3 N–H and O–H groups in total. The second-order valence-corrected chi connectivity index (χ2v) is 9.24. The first-order valence-electron chi connectivity index (χ1n) is 10.9. The first-order valence-corrected chi connectivity index (χ1v) is 13.4. The normalized spacial score (nSPS) is 9.24. The maximum atomic E-state index is 8.49. The summed E-state index contributed by atoms with van der Waals surface area (Å²) in [6, 6.07) is 16.1. The van der Waals surface area contributed by atoms with Crippen LogP contribution in [0.15, 0.2) is 73.3 Å². The number of halogens is 2. The standard InChI is InChI=1S/2C12H12N2.CH2O2.2ClHO4.2Cu.2H2O/c2*1-9-3-5-13-11(7-9)12-8-10(2)4-6-14-12;2-1-3;2*2-1(3,4)5;;;;/h2*3-8H,1-2H3;1H,(H,2,3);2*(H,2,3,4,5);;;2*1H2/q;;;;;2*+2;;/p-4. The van der Waals surface area contributed by atoms with Crippen LogP contribution in [-0.2, 0) is 38.9 Å². The van der Waals surface area contributed by atoms with E-state index in [1.165, 1.54) is 22.3 Å². The van der Waals surface area contributed by atoms with Crippen molar-refractivity contribution in [1.29, 1.82) is 0 Å². The van der Waals surface area contributed by atoms with E-state index in [1.807, 2.05) is 73.3 Å². The van der Waals surface area contributed by atoms with E-state index in [9.17, 15) is 0 Å². The minimum Gasteiger partial charge on any atom is -0.870 e. The van der Waals surface area contributed by atoms with Crippen molar-refractivity contribution in [3.8, 4) is 22.8 Å². The Kier molecular flexibility index (Phi) is 30.5. The van der Waals surface area contributed by atoms with Crippen molar-refractivity contribution in [2.75, 3.05) is 0 Å². The molecule has 20 heteroatoms.